The molecule has 0 unspecified atom stereocenters. The summed E-state index contributed by atoms with van der Waals surface area (Å²) in [5.74, 6) is 0.796. The summed E-state index contributed by atoms with van der Waals surface area (Å²) in [7, 11) is 0. The van der Waals surface area contributed by atoms with E-state index in [-0.39, 0.29) is 0 Å². The summed E-state index contributed by atoms with van der Waals surface area (Å²) in [4.78, 5) is 4.03. The molecule has 0 bridgehead atoms. The molecule has 64 valence electrons. The molecular formula is C9H13N3. The van der Waals surface area contributed by atoms with Crippen molar-refractivity contribution in [3.8, 4) is 0 Å². The number of nitrogens with zero attached hydrogens (tertiary/aromatic N) is 1. The minimum Gasteiger partial charge on any atom is -0.383 e. The summed E-state index contributed by atoms with van der Waals surface area (Å²) in [5, 5.41) is 6.59. The lowest BCUT2D eigenvalue weighted by molar-refractivity contribution is 0.365. The van der Waals surface area contributed by atoms with E-state index in [1.807, 2.05) is 18.3 Å². The molecule has 0 spiro atoms. The van der Waals surface area contributed by atoms with E-state index in [1.165, 1.54) is 0 Å². The van der Waals surface area contributed by atoms with Gasteiger partial charge in [0.15, 0.2) is 0 Å². The number of anilines is 1. The zero-order chi connectivity index (χ0) is 8.23. The van der Waals surface area contributed by atoms with Crippen LogP contribution in [0.25, 0.3) is 0 Å². The first-order valence-corrected chi connectivity index (χ1v) is 4.30. The van der Waals surface area contributed by atoms with Crippen molar-refractivity contribution in [1.29, 1.82) is 0 Å². The maximum atomic E-state index is 4.03. The van der Waals surface area contributed by atoms with Crippen molar-refractivity contribution < 1.29 is 0 Å². The maximum absolute atomic E-state index is 4.03. The standard InChI is InChI=1S/C9H13N3/c1-2-9(7-10-3-1)12-6-8-4-11-5-8/h1-3,7-8,11-12H,4-6H2. The maximum Gasteiger partial charge on any atom is 0.0526 e. The van der Waals surface area contributed by atoms with Gasteiger partial charge >= 0.3 is 0 Å². The van der Waals surface area contributed by atoms with Gasteiger partial charge < -0.3 is 10.6 Å². The molecule has 1 aromatic rings. The van der Waals surface area contributed by atoms with Crippen LogP contribution >= 0.6 is 0 Å². The molecule has 0 radical (unpaired) electrons. The summed E-state index contributed by atoms with van der Waals surface area (Å²) in [6.45, 7) is 3.35. The fourth-order valence-corrected chi connectivity index (χ4v) is 1.22. The van der Waals surface area contributed by atoms with Crippen molar-refractivity contribution in [1.82, 2.24) is 10.3 Å². The van der Waals surface area contributed by atoms with Crippen LogP contribution in [0, 0.1) is 5.92 Å². The Morgan fingerprint density at radius 2 is 2.50 bits per heavy atom. The lowest BCUT2D eigenvalue weighted by atomic mass is 10.0. The van der Waals surface area contributed by atoms with Crippen LogP contribution in [0.1, 0.15) is 0 Å². The Kier molecular flexibility index (Phi) is 2.23. The zero-order valence-electron chi connectivity index (χ0n) is 6.96. The third kappa shape index (κ3) is 1.74. The minimum absolute atomic E-state index is 0.796. The van der Waals surface area contributed by atoms with Gasteiger partial charge in [0.25, 0.3) is 0 Å². The van der Waals surface area contributed by atoms with E-state index in [1.54, 1.807) is 6.20 Å². The molecule has 3 heteroatoms. The number of nitrogens with one attached hydrogen (secondary N) is 2. The predicted octanol–water partition coefficient (Wildman–Crippen LogP) is 0.713. The smallest absolute Gasteiger partial charge is 0.0526 e. The highest BCUT2D eigenvalue weighted by Gasteiger charge is 2.15. The highest BCUT2D eigenvalue weighted by molar-refractivity contribution is 5.39. The van der Waals surface area contributed by atoms with Crippen molar-refractivity contribution in [2.24, 2.45) is 5.92 Å². The fraction of sp³-hybridized carbons (Fsp3) is 0.444. The molecule has 0 aliphatic carbocycles. The average molecular weight is 163 g/mol. The topological polar surface area (TPSA) is 37.0 Å². The Hall–Kier alpha value is -1.09. The third-order valence-corrected chi connectivity index (χ3v) is 2.12. The lowest BCUT2D eigenvalue weighted by Gasteiger charge is -2.27. The van der Waals surface area contributed by atoms with Crippen LogP contribution in [0.5, 0.6) is 0 Å². The van der Waals surface area contributed by atoms with E-state index in [4.69, 9.17) is 0 Å². The monoisotopic (exact) mass is 163 g/mol. The summed E-state index contributed by atoms with van der Waals surface area (Å²) >= 11 is 0. The molecule has 1 aliphatic heterocycles. The Labute approximate surface area is 72.2 Å². The van der Waals surface area contributed by atoms with E-state index >= 15 is 0 Å². The van der Waals surface area contributed by atoms with Crippen LogP contribution in [-0.2, 0) is 0 Å². The van der Waals surface area contributed by atoms with Gasteiger partial charge in [-0.2, -0.15) is 0 Å². The average Bonchev–Trinajstić information content (AvgIpc) is 2.04. The Morgan fingerprint density at radius 1 is 1.58 bits per heavy atom. The van der Waals surface area contributed by atoms with Crippen LogP contribution in [0.3, 0.4) is 0 Å². The highest BCUT2D eigenvalue weighted by Crippen LogP contribution is 2.07. The van der Waals surface area contributed by atoms with Crippen molar-refractivity contribution >= 4 is 5.69 Å². The number of rotatable bonds is 3. The van der Waals surface area contributed by atoms with E-state index in [0.29, 0.717) is 0 Å². The molecule has 0 aromatic carbocycles. The molecule has 2 rings (SSSR count). The van der Waals surface area contributed by atoms with E-state index in [0.717, 1.165) is 31.2 Å². The first-order chi connectivity index (χ1) is 5.95. The SMILES string of the molecule is c1cncc(NCC2CNC2)c1. The molecule has 1 aromatic heterocycles. The minimum atomic E-state index is 0.796. The van der Waals surface area contributed by atoms with E-state index < -0.39 is 0 Å². The van der Waals surface area contributed by atoms with E-state index in [9.17, 15) is 0 Å². The summed E-state index contributed by atoms with van der Waals surface area (Å²) < 4.78 is 0. The van der Waals surface area contributed by atoms with Crippen molar-refractivity contribution in [2.75, 3.05) is 25.0 Å². The summed E-state index contributed by atoms with van der Waals surface area (Å²) in [5.41, 5.74) is 1.12. The van der Waals surface area contributed by atoms with Crippen LogP contribution in [0.4, 0.5) is 5.69 Å². The molecule has 2 heterocycles. The first kappa shape index (κ1) is 7.55. The highest BCUT2D eigenvalue weighted by atomic mass is 15.0. The molecular weight excluding hydrogens is 150 g/mol. The van der Waals surface area contributed by atoms with Crippen molar-refractivity contribution in [3.63, 3.8) is 0 Å². The van der Waals surface area contributed by atoms with Crippen molar-refractivity contribution in [3.05, 3.63) is 24.5 Å². The second-order valence-electron chi connectivity index (χ2n) is 3.15. The quantitative estimate of drug-likeness (QED) is 0.689. The molecule has 0 atom stereocenters. The number of aromatic nitrogens is 1. The number of hydrogen-bond acceptors (Lipinski definition) is 3. The predicted molar refractivity (Wildman–Crippen MR) is 49.1 cm³/mol. The zero-order valence-corrected chi connectivity index (χ0v) is 6.96. The van der Waals surface area contributed by atoms with Gasteiger partial charge in [-0.3, -0.25) is 4.98 Å². The molecule has 0 amide bonds. The van der Waals surface area contributed by atoms with Crippen LogP contribution in [0.2, 0.25) is 0 Å². The molecule has 2 N–H and O–H groups in total. The largest absolute Gasteiger partial charge is 0.383 e. The van der Waals surface area contributed by atoms with Gasteiger partial charge in [-0.15, -0.1) is 0 Å². The van der Waals surface area contributed by atoms with Crippen LogP contribution in [-0.4, -0.2) is 24.6 Å². The molecule has 1 fully saturated rings. The van der Waals surface area contributed by atoms with Gasteiger partial charge in [0, 0.05) is 37.9 Å². The normalized spacial score (nSPS) is 17.0. The third-order valence-electron chi connectivity index (χ3n) is 2.12. The molecule has 0 saturated carbocycles. The molecule has 1 aliphatic rings. The summed E-state index contributed by atoms with van der Waals surface area (Å²) in [6, 6.07) is 3.99. The first-order valence-electron chi connectivity index (χ1n) is 4.30. The summed E-state index contributed by atoms with van der Waals surface area (Å²) in [6.07, 6.45) is 3.64. The molecule has 3 nitrogen and oxygen atoms in total. The Morgan fingerprint density at radius 3 is 3.08 bits per heavy atom. The Balaban J connectivity index is 1.79. The van der Waals surface area contributed by atoms with E-state index in [2.05, 4.69) is 15.6 Å². The second kappa shape index (κ2) is 3.54. The number of hydrogen-bond donors (Lipinski definition) is 2. The van der Waals surface area contributed by atoms with Crippen molar-refractivity contribution in [2.45, 2.75) is 0 Å². The van der Waals surface area contributed by atoms with Gasteiger partial charge in [-0.05, 0) is 12.1 Å². The van der Waals surface area contributed by atoms with Gasteiger partial charge in [-0.25, -0.2) is 0 Å². The fourth-order valence-electron chi connectivity index (χ4n) is 1.22. The lowest BCUT2D eigenvalue weighted by Crippen LogP contribution is -2.45. The molecule has 1 saturated heterocycles. The van der Waals surface area contributed by atoms with Gasteiger partial charge in [0.2, 0.25) is 0 Å². The van der Waals surface area contributed by atoms with Crippen LogP contribution < -0.4 is 10.6 Å². The Bertz CT molecular complexity index is 231. The van der Waals surface area contributed by atoms with Crippen LogP contribution in [0.15, 0.2) is 24.5 Å². The second-order valence-corrected chi connectivity index (χ2v) is 3.15. The number of pyridine rings is 1. The molecule has 12 heavy (non-hydrogen) atoms. The van der Waals surface area contributed by atoms with Gasteiger partial charge in [0.1, 0.15) is 0 Å². The van der Waals surface area contributed by atoms with Gasteiger partial charge in [0.05, 0.1) is 5.69 Å². The van der Waals surface area contributed by atoms with Gasteiger partial charge in [-0.1, -0.05) is 0 Å².